The highest BCUT2D eigenvalue weighted by Gasteiger charge is 2.49. The Morgan fingerprint density at radius 3 is 2.33 bits per heavy atom. The van der Waals surface area contributed by atoms with Crippen molar-refractivity contribution < 1.29 is 35.2 Å². The Balaban J connectivity index is 1.55. The van der Waals surface area contributed by atoms with Gasteiger partial charge in [0.15, 0.2) is 0 Å². The van der Waals surface area contributed by atoms with Gasteiger partial charge in [-0.15, -0.1) is 0 Å². The van der Waals surface area contributed by atoms with Crippen LogP contribution in [-0.4, -0.2) is 40.7 Å². The average molecular weight is 566 g/mol. The van der Waals surface area contributed by atoms with Crippen LogP contribution < -0.4 is 5.32 Å². The molecule has 0 spiro atoms. The maximum absolute atomic E-state index is 14.5. The first kappa shape index (κ1) is 28.1. The number of carbonyl (C=O) groups excluding carboxylic acids is 1. The van der Waals surface area contributed by atoms with Crippen LogP contribution in [-0.2, 0) is 27.5 Å². The Kier molecular flexibility index (Phi) is 7.67. The molecule has 1 amide bonds. The molecule has 3 aromatic rings. The molecule has 1 aliphatic rings. The fraction of sp³-hybridized carbons (Fsp3) is 0.280. The van der Waals surface area contributed by atoms with Gasteiger partial charge in [0, 0.05) is 36.1 Å². The Labute approximate surface area is 220 Å². The van der Waals surface area contributed by atoms with Gasteiger partial charge in [-0.2, -0.15) is 22.7 Å². The number of hydrogen-bond donors (Lipinski definition) is 1. The molecule has 204 valence electrons. The van der Waals surface area contributed by atoms with E-state index in [0.717, 1.165) is 47.0 Å². The molecule has 1 N–H and O–H groups in total. The number of nitrogens with one attached hydrogen (secondary N) is 1. The van der Waals surface area contributed by atoms with E-state index >= 15 is 0 Å². The van der Waals surface area contributed by atoms with Crippen LogP contribution in [0.1, 0.15) is 24.7 Å². The van der Waals surface area contributed by atoms with E-state index in [0.29, 0.717) is 0 Å². The van der Waals surface area contributed by atoms with Gasteiger partial charge in [-0.1, -0.05) is 6.07 Å². The minimum absolute atomic E-state index is 0.0310. The second-order valence-corrected chi connectivity index (χ2v) is 10.7. The van der Waals surface area contributed by atoms with Crippen molar-refractivity contribution in [2.24, 2.45) is 5.92 Å². The summed E-state index contributed by atoms with van der Waals surface area (Å²) in [5.74, 6) is -4.30. The van der Waals surface area contributed by atoms with Crippen molar-refractivity contribution in [2.75, 3.05) is 0 Å². The molecule has 3 atom stereocenters. The van der Waals surface area contributed by atoms with Gasteiger partial charge in [0.1, 0.15) is 17.7 Å². The number of amides is 1. The van der Waals surface area contributed by atoms with Crippen LogP contribution in [0.4, 0.5) is 22.0 Å². The zero-order valence-corrected chi connectivity index (χ0v) is 21.0. The highest BCUT2D eigenvalue weighted by Crippen LogP contribution is 2.35. The van der Waals surface area contributed by atoms with Gasteiger partial charge in [-0.05, 0) is 55.3 Å². The molecule has 8 nitrogen and oxygen atoms in total. The Hall–Kier alpha value is -3.96. The lowest BCUT2D eigenvalue weighted by Gasteiger charge is -2.27. The molecular formula is C25H20F5N5O3S. The minimum Gasteiger partial charge on any atom is -0.351 e. The summed E-state index contributed by atoms with van der Waals surface area (Å²) in [4.78, 5) is 19.4. The summed E-state index contributed by atoms with van der Waals surface area (Å²) in [7, 11) is -4.30. The smallest absolute Gasteiger partial charge is 0.351 e. The Bertz CT molecular complexity index is 1520. The van der Waals surface area contributed by atoms with E-state index in [4.69, 9.17) is 0 Å². The molecule has 4 rings (SSSR count). The summed E-state index contributed by atoms with van der Waals surface area (Å²) in [5.41, 5.74) is 0.430. The molecule has 2 aromatic carbocycles. The van der Waals surface area contributed by atoms with Crippen LogP contribution in [0.3, 0.4) is 0 Å². The molecule has 0 radical (unpaired) electrons. The van der Waals surface area contributed by atoms with Crippen molar-refractivity contribution in [1.82, 2.24) is 19.6 Å². The number of nitriles is 1. The number of rotatable bonds is 6. The quantitative estimate of drug-likeness (QED) is 0.451. The monoisotopic (exact) mass is 565 g/mol. The first-order valence-electron chi connectivity index (χ1n) is 11.5. The minimum atomic E-state index is -4.73. The summed E-state index contributed by atoms with van der Waals surface area (Å²) in [6.07, 6.45) is -2.97. The topological polar surface area (TPSA) is 116 Å². The Morgan fingerprint density at radius 1 is 1.10 bits per heavy atom. The first-order valence-corrected chi connectivity index (χ1v) is 12.9. The van der Waals surface area contributed by atoms with Crippen molar-refractivity contribution >= 4 is 15.9 Å². The maximum Gasteiger partial charge on any atom is 0.451 e. The zero-order chi connectivity index (χ0) is 28.5. The lowest BCUT2D eigenvalue weighted by atomic mass is 10.0. The molecule has 1 aliphatic heterocycles. The highest BCUT2D eigenvalue weighted by molar-refractivity contribution is 7.89. The summed E-state index contributed by atoms with van der Waals surface area (Å²) >= 11 is 0. The fourth-order valence-electron chi connectivity index (χ4n) is 4.31. The van der Waals surface area contributed by atoms with Gasteiger partial charge in [0.25, 0.3) is 0 Å². The number of halogens is 5. The maximum atomic E-state index is 14.5. The van der Waals surface area contributed by atoms with Crippen LogP contribution >= 0.6 is 0 Å². The van der Waals surface area contributed by atoms with Crippen LogP contribution in [0.2, 0.25) is 0 Å². The molecule has 0 aliphatic carbocycles. The van der Waals surface area contributed by atoms with E-state index in [2.05, 4.69) is 15.3 Å². The van der Waals surface area contributed by atoms with Crippen LogP contribution in [0.5, 0.6) is 0 Å². The molecule has 14 heteroatoms. The van der Waals surface area contributed by atoms with E-state index in [1.54, 1.807) is 0 Å². The van der Waals surface area contributed by atoms with E-state index in [1.165, 1.54) is 19.1 Å². The highest BCUT2D eigenvalue weighted by atomic mass is 32.2. The fourth-order valence-corrected chi connectivity index (χ4v) is 6.14. The van der Waals surface area contributed by atoms with Crippen molar-refractivity contribution in [3.05, 3.63) is 77.9 Å². The number of hydrogen-bond acceptors (Lipinski definition) is 6. The molecule has 39 heavy (non-hydrogen) atoms. The molecule has 1 fully saturated rings. The number of aromatic nitrogens is 2. The molecule has 0 unspecified atom stereocenters. The van der Waals surface area contributed by atoms with Crippen molar-refractivity contribution in [3.8, 4) is 17.2 Å². The summed E-state index contributed by atoms with van der Waals surface area (Å²) in [5, 5.41) is 12.0. The SMILES string of the molecule is C[C@H]1[C@H](C#N)C[C@@H](C(=O)NCc2cc(-c3cnc(C(F)(F)F)nc3)ccc2F)N1S(=O)(=O)c1ccc(F)cc1. The third kappa shape index (κ3) is 5.74. The lowest BCUT2D eigenvalue weighted by molar-refractivity contribution is -0.145. The van der Waals surface area contributed by atoms with E-state index in [1.807, 2.05) is 6.07 Å². The van der Waals surface area contributed by atoms with Gasteiger partial charge in [0.2, 0.25) is 21.8 Å². The zero-order valence-electron chi connectivity index (χ0n) is 20.2. The van der Waals surface area contributed by atoms with Gasteiger partial charge in [-0.3, -0.25) is 4.79 Å². The van der Waals surface area contributed by atoms with E-state index in [9.17, 15) is 40.4 Å². The van der Waals surface area contributed by atoms with Crippen molar-refractivity contribution in [2.45, 2.75) is 43.0 Å². The molecule has 1 saturated heterocycles. The van der Waals surface area contributed by atoms with Crippen LogP contribution in [0.25, 0.3) is 11.1 Å². The lowest BCUT2D eigenvalue weighted by Crippen LogP contribution is -2.48. The number of carbonyl (C=O) groups is 1. The summed E-state index contributed by atoms with van der Waals surface area (Å²) in [6.45, 7) is 1.10. The summed E-state index contributed by atoms with van der Waals surface area (Å²) in [6, 6.07) is 7.51. The molecule has 0 bridgehead atoms. The third-order valence-corrected chi connectivity index (χ3v) is 8.37. The van der Waals surface area contributed by atoms with Crippen LogP contribution in [0, 0.1) is 28.9 Å². The molecule has 1 aromatic heterocycles. The standard InChI is InChI=1S/C25H20F5N5O3S/c1-14-16(10-31)9-22(35(14)39(37,38)20-5-3-19(26)4-6-20)23(36)32-11-17-8-15(2-7-21(17)27)18-12-33-24(34-13-18)25(28,29)30/h2-8,12-14,16,22H,9,11H2,1H3,(H,32,36)/t14-,16-,22-/m0/s1. The molecule has 2 heterocycles. The normalized spacial score (nSPS) is 20.0. The average Bonchev–Trinajstić information content (AvgIpc) is 3.25. The van der Waals surface area contributed by atoms with Gasteiger partial charge >= 0.3 is 6.18 Å². The van der Waals surface area contributed by atoms with Crippen LogP contribution in [0.15, 0.2) is 59.8 Å². The Morgan fingerprint density at radius 2 is 1.74 bits per heavy atom. The van der Waals surface area contributed by atoms with E-state index < -0.39 is 57.6 Å². The molecular weight excluding hydrogens is 545 g/mol. The van der Waals surface area contributed by atoms with Crippen molar-refractivity contribution in [1.29, 1.82) is 5.26 Å². The van der Waals surface area contributed by atoms with Gasteiger partial charge < -0.3 is 5.32 Å². The van der Waals surface area contributed by atoms with Gasteiger partial charge in [-0.25, -0.2) is 27.2 Å². The second-order valence-electron chi connectivity index (χ2n) is 8.83. The number of sulfonamides is 1. The number of nitrogens with zero attached hydrogens (tertiary/aromatic N) is 4. The number of benzene rings is 2. The summed E-state index contributed by atoms with van der Waals surface area (Å²) < 4.78 is 93.6. The molecule has 0 saturated carbocycles. The predicted octanol–water partition coefficient (Wildman–Crippen LogP) is 4.05. The first-order chi connectivity index (χ1) is 18.3. The second kappa shape index (κ2) is 10.7. The third-order valence-electron chi connectivity index (χ3n) is 6.36. The van der Waals surface area contributed by atoms with Gasteiger partial charge in [0.05, 0.1) is 16.9 Å². The van der Waals surface area contributed by atoms with Crippen molar-refractivity contribution in [3.63, 3.8) is 0 Å². The number of alkyl halides is 3. The van der Waals surface area contributed by atoms with E-state index in [-0.39, 0.29) is 34.6 Å². The largest absolute Gasteiger partial charge is 0.451 e. The predicted molar refractivity (Wildman–Crippen MR) is 127 cm³/mol.